The number of guanidine groups is 1. The Morgan fingerprint density at radius 2 is 1.78 bits per heavy atom. The maximum atomic E-state index is 10.6. The monoisotopic (exact) mass is 272 g/mol. The molecule has 106 valence electrons. The summed E-state index contributed by atoms with van der Waals surface area (Å²) in [7, 11) is 0. The van der Waals surface area contributed by atoms with Crippen molar-refractivity contribution in [3.8, 4) is 0 Å². The molecule has 0 aliphatic heterocycles. The maximum absolute atomic E-state index is 10.6. The number of halogens is 3. The summed E-state index contributed by atoms with van der Waals surface area (Å²) in [5, 5.41) is 9.70. The van der Waals surface area contributed by atoms with E-state index < -0.39 is 12.1 Å². The van der Waals surface area contributed by atoms with Gasteiger partial charge in [-0.1, -0.05) is 6.92 Å². The van der Waals surface area contributed by atoms with Crippen molar-refractivity contribution in [3.05, 3.63) is 0 Å². The van der Waals surface area contributed by atoms with Crippen LogP contribution in [0.5, 0.6) is 0 Å². The van der Waals surface area contributed by atoms with E-state index in [0.717, 1.165) is 0 Å². The molecule has 0 heterocycles. The summed E-state index contributed by atoms with van der Waals surface area (Å²) in [6.07, 6.45) is -4.70. The summed E-state index contributed by atoms with van der Waals surface area (Å²) in [6.45, 7) is 3.30. The van der Waals surface area contributed by atoms with Gasteiger partial charge in [-0.25, -0.2) is 9.79 Å². The molecule has 0 saturated heterocycles. The van der Waals surface area contributed by atoms with E-state index in [2.05, 4.69) is 10.3 Å². The molecule has 0 aromatic carbocycles. The van der Waals surface area contributed by atoms with Crippen LogP contribution in [0.1, 0.15) is 20.3 Å². The quantitative estimate of drug-likeness (QED) is 0.416. The number of amides is 1. The first-order chi connectivity index (χ1) is 8.00. The molecule has 0 aliphatic carbocycles. The zero-order valence-corrected chi connectivity index (χ0v) is 9.78. The molecule has 0 radical (unpaired) electrons. The summed E-state index contributed by atoms with van der Waals surface area (Å²) in [6, 6.07) is 0. The second kappa shape index (κ2) is 8.14. The first kappa shape index (κ1) is 18.4. The molecule has 0 spiro atoms. The average molecular weight is 272 g/mol. The van der Waals surface area contributed by atoms with Gasteiger partial charge < -0.3 is 21.9 Å². The number of nitrogens with one attached hydrogen (secondary N) is 1. The minimum absolute atomic E-state index is 0.00870. The Bertz CT molecular complexity index is 313. The van der Waals surface area contributed by atoms with E-state index in [1.54, 1.807) is 0 Å². The second-order valence-electron chi connectivity index (χ2n) is 2.98. The van der Waals surface area contributed by atoms with Crippen LogP contribution < -0.4 is 16.8 Å². The number of aliphatic carboxylic acids is 1. The number of nitrogens with two attached hydrogens (primary N) is 2. The van der Waals surface area contributed by atoms with Crippen LogP contribution in [-0.4, -0.2) is 35.3 Å². The lowest BCUT2D eigenvalue weighted by Crippen LogP contribution is -2.35. The van der Waals surface area contributed by atoms with Crippen molar-refractivity contribution < 1.29 is 27.9 Å². The molecule has 0 aromatic heterocycles. The predicted octanol–water partition coefficient (Wildman–Crippen LogP) is -0.235. The van der Waals surface area contributed by atoms with Gasteiger partial charge in [0.1, 0.15) is 6.17 Å². The van der Waals surface area contributed by atoms with E-state index in [-0.39, 0.29) is 18.0 Å². The van der Waals surface area contributed by atoms with Crippen LogP contribution in [0.15, 0.2) is 4.99 Å². The molecule has 0 aliphatic rings. The number of hydrogen-bond donors (Lipinski definition) is 4. The van der Waals surface area contributed by atoms with Gasteiger partial charge in [0, 0.05) is 6.92 Å². The Labute approximate surface area is 101 Å². The van der Waals surface area contributed by atoms with Crippen LogP contribution in [0.4, 0.5) is 13.2 Å². The fraction of sp³-hybridized carbons (Fsp3) is 0.625. The normalized spacial score (nSPS) is 11.6. The van der Waals surface area contributed by atoms with Gasteiger partial charge in [-0.05, 0) is 6.42 Å². The Morgan fingerprint density at radius 1 is 1.39 bits per heavy atom. The third-order valence-corrected chi connectivity index (χ3v) is 1.30. The Balaban J connectivity index is 0. The summed E-state index contributed by atoms with van der Waals surface area (Å²) in [5.74, 6) is -2.90. The topological polar surface area (TPSA) is 131 Å². The lowest BCUT2D eigenvalue weighted by atomic mass is 10.4. The van der Waals surface area contributed by atoms with Gasteiger partial charge in [0.25, 0.3) is 0 Å². The molecule has 0 saturated carbocycles. The third-order valence-electron chi connectivity index (χ3n) is 1.30. The van der Waals surface area contributed by atoms with E-state index in [1.165, 1.54) is 6.92 Å². The minimum Gasteiger partial charge on any atom is -0.475 e. The number of hydrogen-bond acceptors (Lipinski definition) is 3. The number of carbonyl (C=O) groups excluding carboxylic acids is 1. The summed E-state index contributed by atoms with van der Waals surface area (Å²) in [4.78, 5) is 23.2. The fourth-order valence-electron chi connectivity index (χ4n) is 0.640. The van der Waals surface area contributed by atoms with Gasteiger partial charge in [0.15, 0.2) is 5.96 Å². The zero-order chi connectivity index (χ0) is 14.9. The number of carboxylic acids is 1. The van der Waals surface area contributed by atoms with E-state index in [4.69, 9.17) is 21.4 Å². The molecule has 0 rings (SSSR count). The van der Waals surface area contributed by atoms with Crippen molar-refractivity contribution in [2.75, 3.05) is 0 Å². The number of carboxylic acid groups (broad SMARTS) is 1. The minimum atomic E-state index is -5.08. The van der Waals surface area contributed by atoms with Gasteiger partial charge in [0.2, 0.25) is 5.91 Å². The fourth-order valence-corrected chi connectivity index (χ4v) is 0.640. The van der Waals surface area contributed by atoms with Gasteiger partial charge in [-0.2, -0.15) is 13.2 Å². The van der Waals surface area contributed by atoms with Gasteiger partial charge in [-0.15, -0.1) is 0 Å². The molecule has 1 amide bonds. The van der Waals surface area contributed by atoms with Gasteiger partial charge in [0.05, 0.1) is 0 Å². The van der Waals surface area contributed by atoms with Crippen LogP contribution in [-0.2, 0) is 9.59 Å². The van der Waals surface area contributed by atoms with Crippen molar-refractivity contribution in [1.82, 2.24) is 5.32 Å². The summed E-state index contributed by atoms with van der Waals surface area (Å²) in [5.41, 5.74) is 10.2. The molecule has 1 unspecified atom stereocenters. The molecule has 1 atom stereocenters. The van der Waals surface area contributed by atoms with Gasteiger partial charge >= 0.3 is 12.1 Å². The van der Waals surface area contributed by atoms with Crippen LogP contribution in [0, 0.1) is 0 Å². The number of carbonyl (C=O) groups is 2. The summed E-state index contributed by atoms with van der Waals surface area (Å²) < 4.78 is 31.7. The lowest BCUT2D eigenvalue weighted by Gasteiger charge is -2.10. The highest BCUT2D eigenvalue weighted by Gasteiger charge is 2.38. The average Bonchev–Trinajstić information content (AvgIpc) is 2.14. The second-order valence-corrected chi connectivity index (χ2v) is 2.98. The van der Waals surface area contributed by atoms with Gasteiger partial charge in [-0.3, -0.25) is 4.79 Å². The van der Waals surface area contributed by atoms with Crippen LogP contribution in [0.25, 0.3) is 0 Å². The van der Waals surface area contributed by atoms with Crippen LogP contribution in [0.2, 0.25) is 0 Å². The van der Waals surface area contributed by atoms with Crippen molar-refractivity contribution in [1.29, 1.82) is 0 Å². The number of rotatable bonds is 3. The van der Waals surface area contributed by atoms with E-state index in [0.29, 0.717) is 6.42 Å². The molecule has 7 nitrogen and oxygen atoms in total. The molecule has 10 heteroatoms. The SMILES string of the molecule is CCC(N=C(N)N)NC(C)=O.O=C(O)C(F)(F)F. The molecular formula is C8H15F3N4O3. The summed E-state index contributed by atoms with van der Waals surface area (Å²) >= 11 is 0. The van der Waals surface area contributed by atoms with Crippen molar-refractivity contribution in [2.45, 2.75) is 32.6 Å². The number of aliphatic imine (C=N–C) groups is 1. The maximum Gasteiger partial charge on any atom is 0.490 e. The lowest BCUT2D eigenvalue weighted by molar-refractivity contribution is -0.192. The highest BCUT2D eigenvalue weighted by molar-refractivity contribution is 5.77. The van der Waals surface area contributed by atoms with Crippen LogP contribution >= 0.6 is 0 Å². The zero-order valence-electron chi connectivity index (χ0n) is 9.78. The van der Waals surface area contributed by atoms with Crippen LogP contribution in [0.3, 0.4) is 0 Å². The molecule has 0 aromatic rings. The third kappa shape index (κ3) is 12.1. The molecule has 18 heavy (non-hydrogen) atoms. The first-order valence-electron chi connectivity index (χ1n) is 4.66. The Kier molecular flexibility index (Phi) is 8.31. The number of nitrogens with zero attached hydrogens (tertiary/aromatic N) is 1. The molecule has 0 bridgehead atoms. The standard InChI is InChI=1S/C6H14N4O.C2HF3O2/c1-3-5(9-4(2)11)10-6(7)8;3-2(4,5)1(6)7/h5H,3H2,1-2H3,(H,9,11)(H4,7,8,10);(H,6,7). The molecular weight excluding hydrogens is 257 g/mol. The number of alkyl halides is 3. The van der Waals surface area contributed by atoms with E-state index >= 15 is 0 Å². The molecule has 0 fully saturated rings. The largest absolute Gasteiger partial charge is 0.490 e. The molecule has 6 N–H and O–H groups in total. The van der Waals surface area contributed by atoms with Crippen molar-refractivity contribution >= 4 is 17.8 Å². The van der Waals surface area contributed by atoms with Crippen molar-refractivity contribution in [3.63, 3.8) is 0 Å². The predicted molar refractivity (Wildman–Crippen MR) is 57.4 cm³/mol. The van der Waals surface area contributed by atoms with E-state index in [1.807, 2.05) is 6.92 Å². The van der Waals surface area contributed by atoms with E-state index in [9.17, 15) is 18.0 Å². The highest BCUT2D eigenvalue weighted by Crippen LogP contribution is 2.13. The Morgan fingerprint density at radius 3 is 1.94 bits per heavy atom. The van der Waals surface area contributed by atoms with Crippen molar-refractivity contribution in [2.24, 2.45) is 16.5 Å². The Hall–Kier alpha value is -2.00. The smallest absolute Gasteiger partial charge is 0.475 e. The highest BCUT2D eigenvalue weighted by atomic mass is 19.4. The first-order valence-corrected chi connectivity index (χ1v) is 4.66.